The van der Waals surface area contributed by atoms with Crippen molar-refractivity contribution in [1.82, 2.24) is 0 Å². The van der Waals surface area contributed by atoms with E-state index in [9.17, 15) is 0 Å². The highest BCUT2D eigenvalue weighted by Gasteiger charge is 2.36. The van der Waals surface area contributed by atoms with Crippen molar-refractivity contribution in [3.05, 3.63) is 28.8 Å². The molecule has 1 aliphatic heterocycles. The van der Waals surface area contributed by atoms with Crippen molar-refractivity contribution < 1.29 is 0 Å². The molecule has 1 aromatic rings. The molecule has 1 saturated heterocycles. The molecule has 3 rings (SSSR count). The number of nitrogens with two attached hydrogens (primary N) is 1. The fourth-order valence-electron chi connectivity index (χ4n) is 3.88. The quantitative estimate of drug-likeness (QED) is 0.913. The van der Waals surface area contributed by atoms with E-state index in [0.29, 0.717) is 0 Å². The van der Waals surface area contributed by atoms with Gasteiger partial charge in [0.1, 0.15) is 0 Å². The lowest BCUT2D eigenvalue weighted by Gasteiger charge is -2.24. The van der Waals surface area contributed by atoms with E-state index >= 15 is 0 Å². The molecule has 0 bridgehead atoms. The first-order valence-electron chi connectivity index (χ1n) is 7.96. The molecule has 1 aliphatic carbocycles. The Hall–Kier alpha value is -0.730. The van der Waals surface area contributed by atoms with E-state index in [-0.39, 0.29) is 6.04 Å². The minimum Gasteiger partial charge on any atom is -0.371 e. The molecule has 2 nitrogen and oxygen atoms in total. The first kappa shape index (κ1) is 14.2. The van der Waals surface area contributed by atoms with Crippen LogP contribution in [-0.2, 0) is 6.42 Å². The van der Waals surface area contributed by atoms with Gasteiger partial charge in [0, 0.05) is 29.8 Å². The minimum absolute atomic E-state index is 0.231. The van der Waals surface area contributed by atoms with Gasteiger partial charge in [0.25, 0.3) is 0 Å². The maximum absolute atomic E-state index is 6.19. The average molecular weight is 293 g/mol. The molecule has 0 radical (unpaired) electrons. The molecule has 0 aromatic heterocycles. The Labute approximate surface area is 127 Å². The smallest absolute Gasteiger partial charge is 0.0410 e. The predicted molar refractivity (Wildman–Crippen MR) is 86.5 cm³/mol. The zero-order chi connectivity index (χ0) is 14.1. The fourth-order valence-corrected chi connectivity index (χ4v) is 4.08. The third kappa shape index (κ3) is 2.82. The van der Waals surface area contributed by atoms with Crippen LogP contribution in [-0.4, -0.2) is 19.1 Å². The second-order valence-corrected chi connectivity index (χ2v) is 6.94. The SMILES string of the molecule is CCC(N)Cc1cc(Cl)ccc1N1CC2CCCC2C1. The molecule has 0 amide bonds. The predicted octanol–water partition coefficient (Wildman–Crippen LogP) is 3.86. The zero-order valence-electron chi connectivity index (χ0n) is 12.3. The molecule has 3 unspecified atom stereocenters. The molecule has 2 aliphatic rings. The standard InChI is InChI=1S/C17H25ClN2/c1-2-16(19)9-14-8-15(18)6-7-17(14)20-10-12-4-3-5-13(12)11-20/h6-8,12-13,16H,2-5,9-11,19H2,1H3. The molecule has 20 heavy (non-hydrogen) atoms. The van der Waals surface area contributed by atoms with Gasteiger partial charge in [-0.3, -0.25) is 0 Å². The lowest BCUT2D eigenvalue weighted by molar-refractivity contribution is 0.494. The second-order valence-electron chi connectivity index (χ2n) is 6.50. The van der Waals surface area contributed by atoms with Gasteiger partial charge in [-0.25, -0.2) is 0 Å². The minimum atomic E-state index is 0.231. The van der Waals surface area contributed by atoms with Gasteiger partial charge in [0.05, 0.1) is 0 Å². The molecule has 0 spiro atoms. The maximum atomic E-state index is 6.19. The fraction of sp³-hybridized carbons (Fsp3) is 0.647. The van der Waals surface area contributed by atoms with Crippen LogP contribution in [0.3, 0.4) is 0 Å². The number of nitrogens with zero attached hydrogens (tertiary/aromatic N) is 1. The summed E-state index contributed by atoms with van der Waals surface area (Å²) in [5.74, 6) is 1.83. The molecule has 2 N–H and O–H groups in total. The van der Waals surface area contributed by atoms with Gasteiger partial charge >= 0.3 is 0 Å². The van der Waals surface area contributed by atoms with Gasteiger partial charge in [-0.2, -0.15) is 0 Å². The van der Waals surface area contributed by atoms with E-state index in [4.69, 9.17) is 17.3 Å². The molecule has 1 aromatic carbocycles. The third-order valence-electron chi connectivity index (χ3n) is 5.11. The topological polar surface area (TPSA) is 29.3 Å². The highest BCUT2D eigenvalue weighted by molar-refractivity contribution is 6.30. The van der Waals surface area contributed by atoms with Crippen LogP contribution in [0.25, 0.3) is 0 Å². The molecule has 2 fully saturated rings. The van der Waals surface area contributed by atoms with Crippen LogP contribution in [0.15, 0.2) is 18.2 Å². The van der Waals surface area contributed by atoms with Gasteiger partial charge in [0.2, 0.25) is 0 Å². The van der Waals surface area contributed by atoms with E-state index in [2.05, 4.69) is 24.0 Å². The molecule has 3 heteroatoms. The van der Waals surface area contributed by atoms with Gasteiger partial charge in [-0.05, 0) is 61.3 Å². The summed E-state index contributed by atoms with van der Waals surface area (Å²) < 4.78 is 0. The Kier molecular flexibility index (Phi) is 4.23. The van der Waals surface area contributed by atoms with Crippen LogP contribution in [0.2, 0.25) is 5.02 Å². The summed E-state index contributed by atoms with van der Waals surface area (Å²) in [6.07, 6.45) is 6.20. The molecule has 1 heterocycles. The number of hydrogen-bond donors (Lipinski definition) is 1. The van der Waals surface area contributed by atoms with Gasteiger partial charge in [-0.15, -0.1) is 0 Å². The Morgan fingerprint density at radius 1 is 1.30 bits per heavy atom. The highest BCUT2D eigenvalue weighted by Crippen LogP contribution is 2.40. The molecular weight excluding hydrogens is 268 g/mol. The lowest BCUT2D eigenvalue weighted by Crippen LogP contribution is -2.26. The summed E-state index contributed by atoms with van der Waals surface area (Å²) in [7, 11) is 0. The van der Waals surface area contributed by atoms with Crippen molar-refractivity contribution in [2.45, 2.75) is 45.1 Å². The number of anilines is 1. The maximum Gasteiger partial charge on any atom is 0.0410 e. The van der Waals surface area contributed by atoms with Crippen molar-refractivity contribution in [3.63, 3.8) is 0 Å². The van der Waals surface area contributed by atoms with Gasteiger partial charge < -0.3 is 10.6 Å². The summed E-state index contributed by atoms with van der Waals surface area (Å²) in [4.78, 5) is 2.57. The van der Waals surface area contributed by atoms with Gasteiger partial charge in [0.15, 0.2) is 0 Å². The van der Waals surface area contributed by atoms with Crippen molar-refractivity contribution in [2.75, 3.05) is 18.0 Å². The van der Waals surface area contributed by atoms with Crippen molar-refractivity contribution in [2.24, 2.45) is 17.6 Å². The van der Waals surface area contributed by atoms with E-state index in [0.717, 1.165) is 29.7 Å². The summed E-state index contributed by atoms with van der Waals surface area (Å²) >= 11 is 6.19. The number of halogens is 1. The van der Waals surface area contributed by atoms with E-state index < -0.39 is 0 Å². The summed E-state index contributed by atoms with van der Waals surface area (Å²) in [5, 5.41) is 0.825. The van der Waals surface area contributed by atoms with E-state index in [1.807, 2.05) is 6.07 Å². The molecular formula is C17H25ClN2. The van der Waals surface area contributed by atoms with Crippen molar-refractivity contribution in [1.29, 1.82) is 0 Å². The summed E-state index contributed by atoms with van der Waals surface area (Å²) in [6.45, 7) is 4.59. The monoisotopic (exact) mass is 292 g/mol. The Morgan fingerprint density at radius 2 is 2.00 bits per heavy atom. The number of fused-ring (bicyclic) bond motifs is 1. The van der Waals surface area contributed by atoms with Crippen LogP contribution < -0.4 is 10.6 Å². The first-order chi connectivity index (χ1) is 9.67. The Balaban J connectivity index is 1.81. The van der Waals surface area contributed by atoms with Gasteiger partial charge in [-0.1, -0.05) is 24.9 Å². The second kappa shape index (κ2) is 5.95. The van der Waals surface area contributed by atoms with Crippen LogP contribution >= 0.6 is 11.6 Å². The largest absolute Gasteiger partial charge is 0.371 e. The van der Waals surface area contributed by atoms with Crippen LogP contribution in [0.5, 0.6) is 0 Å². The van der Waals surface area contributed by atoms with Crippen LogP contribution in [0.4, 0.5) is 5.69 Å². The van der Waals surface area contributed by atoms with Crippen LogP contribution in [0, 0.1) is 11.8 Å². The molecule has 3 atom stereocenters. The number of hydrogen-bond acceptors (Lipinski definition) is 2. The third-order valence-corrected chi connectivity index (χ3v) is 5.35. The lowest BCUT2D eigenvalue weighted by atomic mass is 10.0. The van der Waals surface area contributed by atoms with E-state index in [1.165, 1.54) is 43.6 Å². The summed E-state index contributed by atoms with van der Waals surface area (Å²) in [5.41, 5.74) is 8.85. The normalized spacial score (nSPS) is 26.9. The Morgan fingerprint density at radius 3 is 2.65 bits per heavy atom. The average Bonchev–Trinajstić information content (AvgIpc) is 2.99. The zero-order valence-corrected chi connectivity index (χ0v) is 13.1. The van der Waals surface area contributed by atoms with Crippen molar-refractivity contribution in [3.8, 4) is 0 Å². The highest BCUT2D eigenvalue weighted by atomic mass is 35.5. The van der Waals surface area contributed by atoms with Crippen molar-refractivity contribution >= 4 is 17.3 Å². The van der Waals surface area contributed by atoms with Crippen LogP contribution in [0.1, 0.15) is 38.2 Å². The Bertz CT molecular complexity index is 462. The number of benzene rings is 1. The van der Waals surface area contributed by atoms with E-state index in [1.54, 1.807) is 0 Å². The molecule has 110 valence electrons. The first-order valence-corrected chi connectivity index (χ1v) is 8.34. The number of rotatable bonds is 4. The molecule has 1 saturated carbocycles. The summed E-state index contributed by atoms with van der Waals surface area (Å²) in [6, 6.07) is 6.56.